The first kappa shape index (κ1) is 24.7. The van der Waals surface area contributed by atoms with Crippen LogP contribution in [0, 0.1) is 0 Å². The van der Waals surface area contributed by atoms with Crippen molar-refractivity contribution < 1.29 is 23.5 Å². The molecule has 3 heterocycles. The van der Waals surface area contributed by atoms with Gasteiger partial charge in [0.1, 0.15) is 16.2 Å². The summed E-state index contributed by atoms with van der Waals surface area (Å²) in [5, 5.41) is 3.02. The zero-order chi connectivity index (χ0) is 25.2. The van der Waals surface area contributed by atoms with Crippen LogP contribution in [0.4, 0.5) is 10.5 Å². The Bertz CT molecular complexity index is 1280. The average Bonchev–Trinajstić information content (AvgIpc) is 3.25. The van der Waals surface area contributed by atoms with Crippen molar-refractivity contribution in [3.63, 3.8) is 0 Å². The topological polar surface area (TPSA) is 102 Å². The molecule has 2 aromatic heterocycles. The number of benzene rings is 1. The summed E-state index contributed by atoms with van der Waals surface area (Å²) in [6.45, 7) is 10.0. The smallest absolute Gasteiger partial charge is 0.410 e. The number of ether oxygens (including phenoxy) is 2. The summed E-state index contributed by atoms with van der Waals surface area (Å²) in [7, 11) is 0. The summed E-state index contributed by atoms with van der Waals surface area (Å²) in [4.78, 5) is 45.0. The molecule has 35 heavy (non-hydrogen) atoms. The molecule has 0 spiro atoms. The number of thiazole rings is 1. The lowest BCUT2D eigenvalue weighted by Crippen LogP contribution is -2.50. The molecular weight excluding hydrogens is 470 g/mol. The van der Waals surface area contributed by atoms with E-state index in [0.717, 1.165) is 11.1 Å². The van der Waals surface area contributed by atoms with Gasteiger partial charge in [0.2, 0.25) is 0 Å². The number of hydrogen-bond donors (Lipinski definition) is 0. The van der Waals surface area contributed by atoms with E-state index in [9.17, 15) is 14.4 Å². The lowest BCUT2D eigenvalue weighted by molar-refractivity contribution is -0.142. The zero-order valence-corrected chi connectivity index (χ0v) is 21.1. The summed E-state index contributed by atoms with van der Waals surface area (Å²) in [5.74, 6) is -0.352. The summed E-state index contributed by atoms with van der Waals surface area (Å²) < 4.78 is 16.0. The maximum absolute atomic E-state index is 12.7. The zero-order valence-electron chi connectivity index (χ0n) is 20.3. The van der Waals surface area contributed by atoms with E-state index in [1.165, 1.54) is 11.3 Å². The van der Waals surface area contributed by atoms with Gasteiger partial charge in [0.05, 0.1) is 24.3 Å². The van der Waals surface area contributed by atoms with Crippen molar-refractivity contribution in [1.29, 1.82) is 0 Å². The predicted molar refractivity (Wildman–Crippen MR) is 134 cm³/mol. The third-order valence-electron chi connectivity index (χ3n) is 5.43. The molecule has 0 unspecified atom stereocenters. The van der Waals surface area contributed by atoms with Gasteiger partial charge in [-0.3, -0.25) is 4.79 Å². The molecule has 0 atom stereocenters. The van der Waals surface area contributed by atoms with E-state index in [0.29, 0.717) is 54.6 Å². The Morgan fingerprint density at radius 1 is 1.14 bits per heavy atom. The summed E-state index contributed by atoms with van der Waals surface area (Å²) >= 11 is 1.29. The van der Waals surface area contributed by atoms with Crippen LogP contribution in [-0.4, -0.2) is 60.3 Å². The van der Waals surface area contributed by atoms with Crippen LogP contribution in [0.5, 0.6) is 0 Å². The van der Waals surface area contributed by atoms with Gasteiger partial charge >= 0.3 is 17.7 Å². The Morgan fingerprint density at radius 2 is 1.89 bits per heavy atom. The number of amides is 1. The maximum atomic E-state index is 12.7. The van der Waals surface area contributed by atoms with Crippen LogP contribution in [-0.2, 0) is 20.7 Å². The highest BCUT2D eigenvalue weighted by atomic mass is 32.1. The van der Waals surface area contributed by atoms with Crippen LogP contribution in [0.3, 0.4) is 0 Å². The number of fused-ring (bicyclic) bond motifs is 1. The quantitative estimate of drug-likeness (QED) is 0.382. The molecule has 1 aromatic carbocycles. The number of hydrogen-bond acceptors (Lipinski definition) is 9. The minimum atomic E-state index is -0.524. The van der Waals surface area contributed by atoms with E-state index < -0.39 is 11.2 Å². The first-order chi connectivity index (χ1) is 16.6. The third kappa shape index (κ3) is 6.00. The van der Waals surface area contributed by atoms with E-state index in [4.69, 9.17) is 13.9 Å². The molecule has 9 nitrogen and oxygen atoms in total. The van der Waals surface area contributed by atoms with E-state index in [1.54, 1.807) is 23.3 Å². The molecule has 0 radical (unpaired) electrons. The number of esters is 1. The van der Waals surface area contributed by atoms with Crippen LogP contribution in [0.1, 0.15) is 33.4 Å². The third-order valence-corrected chi connectivity index (χ3v) is 6.35. The Kier molecular flexibility index (Phi) is 7.11. The van der Waals surface area contributed by atoms with Gasteiger partial charge < -0.3 is 23.7 Å². The number of carbonyl (C=O) groups excluding carboxylic acids is 2. The number of anilines is 1. The molecule has 0 bridgehead atoms. The summed E-state index contributed by atoms with van der Waals surface area (Å²) in [6.07, 6.45) is -0.241. The van der Waals surface area contributed by atoms with E-state index in [-0.39, 0.29) is 18.5 Å². The number of rotatable bonds is 5. The monoisotopic (exact) mass is 499 g/mol. The van der Waals surface area contributed by atoms with Gasteiger partial charge in [-0.1, -0.05) is 0 Å². The largest absolute Gasteiger partial charge is 0.466 e. The molecule has 1 aliphatic rings. The van der Waals surface area contributed by atoms with Crippen molar-refractivity contribution in [2.75, 3.05) is 37.7 Å². The van der Waals surface area contributed by atoms with Gasteiger partial charge in [-0.25, -0.2) is 14.6 Å². The minimum absolute atomic E-state index is 0.0633. The van der Waals surface area contributed by atoms with Crippen molar-refractivity contribution in [3.8, 4) is 10.6 Å². The minimum Gasteiger partial charge on any atom is -0.466 e. The lowest BCUT2D eigenvalue weighted by Gasteiger charge is -2.36. The molecule has 1 saturated heterocycles. The van der Waals surface area contributed by atoms with Gasteiger partial charge in [0.25, 0.3) is 0 Å². The normalized spacial score (nSPS) is 14.3. The molecule has 4 rings (SSSR count). The SMILES string of the molecule is CCOC(=O)Cc1csc(-c2cc3ccc(N4CCN(C(=O)OC(C)(C)C)CC4)cc3oc2=O)n1. The summed E-state index contributed by atoms with van der Waals surface area (Å²) in [5.41, 5.74) is 1.31. The standard InChI is InChI=1S/C25H29N3O6S/c1-5-32-21(29)13-17-15-35-22(26-17)19-12-16-6-7-18(14-20(16)33-23(19)30)27-8-10-28(11-9-27)24(31)34-25(2,3)4/h6-7,12,14-15H,5,8-11,13H2,1-4H3. The molecule has 10 heteroatoms. The molecule has 3 aromatic rings. The van der Waals surface area contributed by atoms with Gasteiger partial charge in [0, 0.05) is 48.7 Å². The van der Waals surface area contributed by atoms with Crippen molar-refractivity contribution in [2.24, 2.45) is 0 Å². The van der Waals surface area contributed by atoms with Crippen molar-refractivity contribution in [3.05, 3.63) is 45.8 Å². The fourth-order valence-electron chi connectivity index (χ4n) is 3.79. The molecule has 0 N–H and O–H groups in total. The number of piperazine rings is 1. The van der Waals surface area contributed by atoms with Gasteiger partial charge in [-0.2, -0.15) is 0 Å². The predicted octanol–water partition coefficient (Wildman–Crippen LogP) is 4.08. The van der Waals surface area contributed by atoms with Gasteiger partial charge in [-0.15, -0.1) is 11.3 Å². The fraction of sp³-hybridized carbons (Fsp3) is 0.440. The van der Waals surface area contributed by atoms with E-state index in [1.807, 2.05) is 39.0 Å². The molecular formula is C25H29N3O6S. The van der Waals surface area contributed by atoms with Crippen molar-refractivity contribution in [1.82, 2.24) is 9.88 Å². The lowest BCUT2D eigenvalue weighted by atomic mass is 10.1. The Balaban J connectivity index is 1.47. The second-order valence-corrected chi connectivity index (χ2v) is 10.1. The molecule has 0 aliphatic carbocycles. The number of carbonyl (C=O) groups is 2. The van der Waals surface area contributed by atoms with Crippen LogP contribution in [0.15, 0.2) is 38.9 Å². The van der Waals surface area contributed by atoms with Gasteiger partial charge in [0.15, 0.2) is 0 Å². The Morgan fingerprint density at radius 3 is 2.57 bits per heavy atom. The van der Waals surface area contributed by atoms with E-state index in [2.05, 4.69) is 9.88 Å². The maximum Gasteiger partial charge on any atom is 0.410 e. The van der Waals surface area contributed by atoms with Crippen molar-refractivity contribution in [2.45, 2.75) is 39.7 Å². The molecule has 1 fully saturated rings. The van der Waals surface area contributed by atoms with E-state index >= 15 is 0 Å². The second kappa shape index (κ2) is 10.1. The average molecular weight is 500 g/mol. The summed E-state index contributed by atoms with van der Waals surface area (Å²) in [6, 6.07) is 7.49. The molecule has 1 amide bonds. The highest BCUT2D eigenvalue weighted by Gasteiger charge is 2.26. The van der Waals surface area contributed by atoms with Crippen LogP contribution >= 0.6 is 11.3 Å². The molecule has 1 aliphatic heterocycles. The first-order valence-corrected chi connectivity index (χ1v) is 12.4. The highest BCUT2D eigenvalue weighted by Crippen LogP contribution is 2.28. The number of nitrogens with zero attached hydrogens (tertiary/aromatic N) is 3. The highest BCUT2D eigenvalue weighted by molar-refractivity contribution is 7.13. The van der Waals surface area contributed by atoms with Crippen molar-refractivity contribution >= 4 is 40.1 Å². The fourth-order valence-corrected chi connectivity index (χ4v) is 4.61. The Hall–Kier alpha value is -3.40. The van der Waals surface area contributed by atoms with Gasteiger partial charge in [-0.05, 0) is 45.9 Å². The van der Waals surface area contributed by atoms with Crippen LogP contribution < -0.4 is 10.5 Å². The number of aromatic nitrogens is 1. The molecule has 186 valence electrons. The molecule has 0 saturated carbocycles. The second-order valence-electron chi connectivity index (χ2n) is 9.25. The van der Waals surface area contributed by atoms with Crippen LogP contribution in [0.2, 0.25) is 0 Å². The van der Waals surface area contributed by atoms with Crippen LogP contribution in [0.25, 0.3) is 21.5 Å². The first-order valence-electron chi connectivity index (χ1n) is 11.5. The Labute approximate surface area is 207 Å².